The summed E-state index contributed by atoms with van der Waals surface area (Å²) in [6, 6.07) is 10.1. The molecule has 3 rings (SSSR count). The number of hydrogen-bond donors (Lipinski definition) is 1. The van der Waals surface area contributed by atoms with Crippen molar-refractivity contribution in [1.29, 1.82) is 0 Å². The zero-order valence-corrected chi connectivity index (χ0v) is 15.4. The molecule has 1 aliphatic heterocycles. The number of urea groups is 1. The van der Waals surface area contributed by atoms with Crippen LogP contribution in [0.25, 0.3) is 0 Å². The Bertz CT molecular complexity index is 719. The molecule has 1 atom stereocenters. The lowest BCUT2D eigenvalue weighted by molar-refractivity contribution is 0.148. The van der Waals surface area contributed by atoms with E-state index in [-0.39, 0.29) is 11.4 Å². The molecule has 1 aromatic heterocycles. The first-order valence-corrected chi connectivity index (χ1v) is 8.99. The SMILES string of the molecule is COCc1nc(C2(C)CCCN(C(=O)NCCc3ccccc3)C2)no1. The van der Waals surface area contributed by atoms with Crippen molar-refractivity contribution in [1.82, 2.24) is 20.4 Å². The first kappa shape index (κ1) is 18.4. The van der Waals surface area contributed by atoms with Crippen molar-refractivity contribution in [2.75, 3.05) is 26.7 Å². The fourth-order valence-corrected chi connectivity index (χ4v) is 3.35. The molecule has 1 fully saturated rings. The lowest BCUT2D eigenvalue weighted by atomic mass is 9.81. The highest BCUT2D eigenvalue weighted by molar-refractivity contribution is 5.74. The molecule has 26 heavy (non-hydrogen) atoms. The molecule has 0 spiro atoms. The minimum absolute atomic E-state index is 0.0348. The third-order valence-electron chi connectivity index (χ3n) is 4.79. The van der Waals surface area contributed by atoms with Gasteiger partial charge in [-0.15, -0.1) is 0 Å². The molecule has 0 saturated carbocycles. The van der Waals surface area contributed by atoms with Crippen LogP contribution in [0.5, 0.6) is 0 Å². The van der Waals surface area contributed by atoms with Gasteiger partial charge in [-0.2, -0.15) is 4.98 Å². The fraction of sp³-hybridized carbons (Fsp3) is 0.526. The van der Waals surface area contributed by atoms with Gasteiger partial charge in [-0.1, -0.05) is 42.4 Å². The summed E-state index contributed by atoms with van der Waals surface area (Å²) in [5, 5.41) is 7.12. The minimum Gasteiger partial charge on any atom is -0.375 e. The van der Waals surface area contributed by atoms with E-state index < -0.39 is 0 Å². The molecule has 7 heteroatoms. The summed E-state index contributed by atoms with van der Waals surface area (Å²) in [7, 11) is 1.59. The quantitative estimate of drug-likeness (QED) is 0.858. The first-order valence-electron chi connectivity index (χ1n) is 8.99. The summed E-state index contributed by atoms with van der Waals surface area (Å²) in [4.78, 5) is 18.8. The summed E-state index contributed by atoms with van der Waals surface area (Å²) in [5.74, 6) is 1.11. The van der Waals surface area contributed by atoms with Crippen LogP contribution in [0.3, 0.4) is 0 Å². The molecule has 2 aromatic rings. The molecule has 1 unspecified atom stereocenters. The van der Waals surface area contributed by atoms with Gasteiger partial charge in [0.1, 0.15) is 6.61 Å². The number of ether oxygens (including phenoxy) is 1. The van der Waals surface area contributed by atoms with Crippen LogP contribution >= 0.6 is 0 Å². The molecule has 1 saturated heterocycles. The van der Waals surface area contributed by atoms with E-state index in [1.165, 1.54) is 5.56 Å². The van der Waals surface area contributed by atoms with E-state index in [0.717, 1.165) is 25.8 Å². The molecular formula is C19H26N4O3. The van der Waals surface area contributed by atoms with Crippen LogP contribution in [0.2, 0.25) is 0 Å². The number of carbonyl (C=O) groups excluding carboxylic acids is 1. The van der Waals surface area contributed by atoms with E-state index in [2.05, 4.69) is 34.5 Å². The molecule has 1 N–H and O–H groups in total. The second-order valence-corrected chi connectivity index (χ2v) is 7.00. The summed E-state index contributed by atoms with van der Waals surface area (Å²) >= 11 is 0. The van der Waals surface area contributed by atoms with Gasteiger partial charge in [-0.3, -0.25) is 0 Å². The van der Waals surface area contributed by atoms with Gasteiger partial charge in [-0.25, -0.2) is 4.79 Å². The number of hydrogen-bond acceptors (Lipinski definition) is 5. The molecule has 0 aliphatic carbocycles. The third-order valence-corrected chi connectivity index (χ3v) is 4.79. The standard InChI is InChI=1S/C19H26N4O3/c1-19(17-21-16(13-25-2)26-22-17)10-6-12-23(14-19)18(24)20-11-9-15-7-4-3-5-8-15/h3-5,7-8H,6,9-14H2,1-2H3,(H,20,24). The Hall–Kier alpha value is -2.41. The summed E-state index contributed by atoms with van der Waals surface area (Å²) in [6.45, 7) is 4.33. The van der Waals surface area contributed by atoms with Crippen molar-refractivity contribution in [3.8, 4) is 0 Å². The number of piperidine rings is 1. The van der Waals surface area contributed by atoms with Crippen LogP contribution < -0.4 is 5.32 Å². The average Bonchev–Trinajstić information content (AvgIpc) is 3.12. The molecule has 2 amide bonds. The normalized spacial score (nSPS) is 20.2. The third kappa shape index (κ3) is 4.40. The van der Waals surface area contributed by atoms with Crippen LogP contribution in [0.4, 0.5) is 4.79 Å². The van der Waals surface area contributed by atoms with Gasteiger partial charge in [0, 0.05) is 32.2 Å². The number of rotatable bonds is 6. The molecular weight excluding hydrogens is 332 g/mol. The Morgan fingerprint density at radius 3 is 2.96 bits per heavy atom. The van der Waals surface area contributed by atoms with Crippen molar-refractivity contribution in [2.45, 2.75) is 38.2 Å². The van der Waals surface area contributed by atoms with E-state index >= 15 is 0 Å². The Kier molecular flexibility index (Phi) is 5.88. The number of carbonyl (C=O) groups is 1. The van der Waals surface area contributed by atoms with Gasteiger partial charge in [0.2, 0.25) is 0 Å². The van der Waals surface area contributed by atoms with Crippen LogP contribution in [-0.2, 0) is 23.2 Å². The van der Waals surface area contributed by atoms with Crippen LogP contribution in [0.1, 0.15) is 37.0 Å². The van der Waals surface area contributed by atoms with Gasteiger partial charge in [-0.05, 0) is 24.8 Å². The summed E-state index contributed by atoms with van der Waals surface area (Å²) in [6.07, 6.45) is 2.66. The van der Waals surface area contributed by atoms with Crippen LogP contribution in [0, 0.1) is 0 Å². The van der Waals surface area contributed by atoms with Gasteiger partial charge in [0.15, 0.2) is 5.82 Å². The number of nitrogens with one attached hydrogen (secondary N) is 1. The van der Waals surface area contributed by atoms with E-state index in [9.17, 15) is 4.79 Å². The molecule has 0 radical (unpaired) electrons. The van der Waals surface area contributed by atoms with Crippen molar-refractivity contribution in [3.05, 3.63) is 47.6 Å². The molecule has 1 aliphatic rings. The number of benzene rings is 1. The maximum Gasteiger partial charge on any atom is 0.317 e. The number of likely N-dealkylation sites (tertiary alicyclic amines) is 1. The van der Waals surface area contributed by atoms with E-state index in [4.69, 9.17) is 9.26 Å². The van der Waals surface area contributed by atoms with Gasteiger partial charge >= 0.3 is 6.03 Å². The maximum atomic E-state index is 12.5. The van der Waals surface area contributed by atoms with E-state index in [1.807, 2.05) is 23.1 Å². The monoisotopic (exact) mass is 358 g/mol. The molecule has 140 valence electrons. The zero-order valence-electron chi connectivity index (χ0n) is 15.4. The molecule has 7 nitrogen and oxygen atoms in total. The highest BCUT2D eigenvalue weighted by Gasteiger charge is 2.38. The van der Waals surface area contributed by atoms with Crippen molar-refractivity contribution in [2.24, 2.45) is 0 Å². The maximum absolute atomic E-state index is 12.5. The number of nitrogens with zero attached hydrogens (tertiary/aromatic N) is 3. The lowest BCUT2D eigenvalue weighted by Crippen LogP contribution is -2.51. The smallest absolute Gasteiger partial charge is 0.317 e. The summed E-state index contributed by atoms with van der Waals surface area (Å²) in [5.41, 5.74) is 0.915. The zero-order chi connectivity index (χ0) is 18.4. The molecule has 1 aromatic carbocycles. The van der Waals surface area contributed by atoms with Crippen LogP contribution in [-0.4, -0.2) is 47.8 Å². The average molecular weight is 358 g/mol. The highest BCUT2D eigenvalue weighted by atomic mass is 16.5. The predicted octanol–water partition coefficient (Wildman–Crippen LogP) is 2.52. The van der Waals surface area contributed by atoms with Gasteiger partial charge in [0.05, 0.1) is 0 Å². The van der Waals surface area contributed by atoms with Crippen molar-refractivity contribution >= 4 is 6.03 Å². The Balaban J connectivity index is 1.55. The minimum atomic E-state index is -0.301. The predicted molar refractivity (Wildman–Crippen MR) is 96.7 cm³/mol. The number of amides is 2. The van der Waals surface area contributed by atoms with Crippen LogP contribution in [0.15, 0.2) is 34.9 Å². The second-order valence-electron chi connectivity index (χ2n) is 7.00. The van der Waals surface area contributed by atoms with Crippen molar-refractivity contribution in [3.63, 3.8) is 0 Å². The van der Waals surface area contributed by atoms with Crippen molar-refractivity contribution < 1.29 is 14.1 Å². The topological polar surface area (TPSA) is 80.5 Å². The lowest BCUT2D eigenvalue weighted by Gasteiger charge is -2.38. The Morgan fingerprint density at radius 1 is 1.38 bits per heavy atom. The second kappa shape index (κ2) is 8.31. The highest BCUT2D eigenvalue weighted by Crippen LogP contribution is 2.31. The van der Waals surface area contributed by atoms with E-state index in [0.29, 0.717) is 31.4 Å². The van der Waals surface area contributed by atoms with Gasteiger partial charge < -0.3 is 19.5 Å². The number of aromatic nitrogens is 2. The first-order chi connectivity index (χ1) is 12.6. The number of methoxy groups -OCH3 is 1. The molecule has 0 bridgehead atoms. The largest absolute Gasteiger partial charge is 0.375 e. The van der Waals surface area contributed by atoms with Gasteiger partial charge in [0.25, 0.3) is 5.89 Å². The summed E-state index contributed by atoms with van der Waals surface area (Å²) < 4.78 is 10.3. The molecule has 2 heterocycles. The Labute approximate surface area is 153 Å². The van der Waals surface area contributed by atoms with E-state index in [1.54, 1.807) is 7.11 Å². The Morgan fingerprint density at radius 2 is 2.19 bits per heavy atom. The fourth-order valence-electron chi connectivity index (χ4n) is 3.35.